The molecule has 4 aromatic rings. The Kier molecular flexibility index (Phi) is 6.07. The van der Waals surface area contributed by atoms with Crippen LogP contribution >= 0.6 is 0 Å². The lowest BCUT2D eigenvalue weighted by atomic mass is 10.1. The van der Waals surface area contributed by atoms with Gasteiger partial charge in [-0.1, -0.05) is 41.6 Å². The van der Waals surface area contributed by atoms with Crippen molar-refractivity contribution in [1.29, 1.82) is 0 Å². The lowest BCUT2D eigenvalue weighted by molar-refractivity contribution is -0.159. The number of hydrogen-bond donors (Lipinski definition) is 1. The molecule has 0 saturated heterocycles. The first-order chi connectivity index (χ1) is 15.8. The Hall–Kier alpha value is -4.21. The van der Waals surface area contributed by atoms with Crippen molar-refractivity contribution in [2.75, 3.05) is 5.32 Å². The normalized spacial score (nSPS) is 11.3. The summed E-state index contributed by atoms with van der Waals surface area (Å²) in [4.78, 5) is 19.9. The Morgan fingerprint density at radius 3 is 2.48 bits per heavy atom. The van der Waals surface area contributed by atoms with Crippen LogP contribution in [-0.2, 0) is 17.5 Å². The molecule has 0 unspecified atom stereocenters. The number of halogens is 3. The smallest absolute Gasteiger partial charge is 0.444 e. The van der Waals surface area contributed by atoms with Crippen molar-refractivity contribution in [3.63, 3.8) is 0 Å². The average molecular weight is 454 g/mol. The molecule has 7 nitrogen and oxygen atoms in total. The number of aromatic nitrogens is 3. The number of pyridine rings is 1. The summed E-state index contributed by atoms with van der Waals surface area (Å²) in [7, 11) is 0. The first kappa shape index (κ1) is 22.0. The average Bonchev–Trinajstić information content (AvgIpc) is 3.31. The van der Waals surface area contributed by atoms with Crippen LogP contribution < -0.4 is 5.32 Å². The second-order valence-corrected chi connectivity index (χ2v) is 7.07. The molecule has 2 aromatic heterocycles. The molecule has 0 radical (unpaired) electrons. The van der Waals surface area contributed by atoms with Crippen LogP contribution in [-0.4, -0.2) is 21.2 Å². The molecular weight excluding hydrogens is 437 g/mol. The molecule has 2 heterocycles. The Morgan fingerprint density at radius 1 is 1.06 bits per heavy atom. The molecule has 4 rings (SSSR count). The van der Waals surface area contributed by atoms with Crippen LogP contribution in [0.4, 0.5) is 23.7 Å². The number of benzene rings is 2. The van der Waals surface area contributed by atoms with E-state index in [2.05, 4.69) is 25.0 Å². The van der Waals surface area contributed by atoms with E-state index in [9.17, 15) is 18.0 Å². The van der Waals surface area contributed by atoms with E-state index in [1.54, 1.807) is 13.1 Å². The molecule has 0 bridgehead atoms. The second kappa shape index (κ2) is 9.11. The number of nitrogens with zero attached hydrogens (tertiary/aromatic N) is 3. The number of amides is 1. The summed E-state index contributed by atoms with van der Waals surface area (Å²) in [6, 6.07) is 17.9. The summed E-state index contributed by atoms with van der Waals surface area (Å²) >= 11 is 0. The van der Waals surface area contributed by atoms with E-state index in [0.29, 0.717) is 16.8 Å². The lowest BCUT2D eigenvalue weighted by Crippen LogP contribution is -2.14. The molecule has 0 atom stereocenters. The molecule has 1 amide bonds. The second-order valence-electron chi connectivity index (χ2n) is 7.07. The highest BCUT2D eigenvalue weighted by Crippen LogP contribution is 2.30. The Morgan fingerprint density at radius 2 is 1.85 bits per heavy atom. The highest BCUT2D eigenvalue weighted by Gasteiger charge is 2.38. The summed E-state index contributed by atoms with van der Waals surface area (Å²) < 4.78 is 47.4. The van der Waals surface area contributed by atoms with Crippen LogP contribution in [0.25, 0.3) is 22.6 Å². The van der Waals surface area contributed by atoms with Crippen LogP contribution in [0.5, 0.6) is 0 Å². The minimum Gasteiger partial charge on any atom is -0.444 e. The van der Waals surface area contributed by atoms with Crippen LogP contribution in [0.2, 0.25) is 0 Å². The molecular formula is C23H17F3N4O3. The maximum atomic E-state index is 12.6. The predicted molar refractivity (Wildman–Crippen MR) is 113 cm³/mol. The summed E-state index contributed by atoms with van der Waals surface area (Å²) in [5, 5.41) is 5.95. The first-order valence-corrected chi connectivity index (χ1v) is 9.75. The van der Waals surface area contributed by atoms with Crippen molar-refractivity contribution in [2.24, 2.45) is 0 Å². The topological polar surface area (TPSA) is 90.1 Å². The van der Waals surface area contributed by atoms with E-state index in [1.807, 2.05) is 42.5 Å². The third-order valence-corrected chi connectivity index (χ3v) is 4.65. The standard InChI is InChI=1S/C23H17F3N4O3/c1-14-11-17(20-29-21(33-30-20)23(24,25)26)8-10-18(14)28-22(31)32-13-15-7-9-19(27-12-15)16-5-3-2-4-6-16/h2-12H,13H2,1H3,(H,28,31). The molecule has 168 valence electrons. The number of anilines is 1. The van der Waals surface area contributed by atoms with E-state index in [1.165, 1.54) is 18.2 Å². The minimum absolute atomic E-state index is 0.0219. The van der Waals surface area contributed by atoms with Gasteiger partial charge >= 0.3 is 18.2 Å². The van der Waals surface area contributed by atoms with Gasteiger partial charge in [-0.05, 0) is 36.8 Å². The molecule has 0 aliphatic carbocycles. The fraction of sp³-hybridized carbons (Fsp3) is 0.130. The number of alkyl halides is 3. The third-order valence-electron chi connectivity index (χ3n) is 4.65. The molecule has 0 spiro atoms. The van der Waals surface area contributed by atoms with Gasteiger partial charge in [0.15, 0.2) is 0 Å². The van der Waals surface area contributed by atoms with E-state index >= 15 is 0 Å². The zero-order valence-corrected chi connectivity index (χ0v) is 17.3. The monoisotopic (exact) mass is 454 g/mol. The zero-order chi connectivity index (χ0) is 23.4. The van der Waals surface area contributed by atoms with E-state index in [-0.39, 0.29) is 12.4 Å². The quantitative estimate of drug-likeness (QED) is 0.405. The minimum atomic E-state index is -4.72. The van der Waals surface area contributed by atoms with Crippen LogP contribution in [0.15, 0.2) is 71.4 Å². The maximum absolute atomic E-state index is 12.6. The van der Waals surface area contributed by atoms with Gasteiger partial charge in [-0.2, -0.15) is 18.2 Å². The van der Waals surface area contributed by atoms with Gasteiger partial charge in [0.1, 0.15) is 6.61 Å². The van der Waals surface area contributed by atoms with Crippen LogP contribution in [0, 0.1) is 6.92 Å². The molecule has 0 saturated carbocycles. The molecule has 0 aliphatic heterocycles. The van der Waals surface area contributed by atoms with Crippen molar-refractivity contribution in [3.05, 3.63) is 83.9 Å². The molecule has 0 fully saturated rings. The number of rotatable bonds is 5. The lowest BCUT2D eigenvalue weighted by Gasteiger charge is -2.10. The fourth-order valence-corrected chi connectivity index (χ4v) is 2.98. The van der Waals surface area contributed by atoms with Crippen LogP contribution in [0.3, 0.4) is 0 Å². The van der Waals surface area contributed by atoms with Crippen molar-refractivity contribution < 1.29 is 27.2 Å². The van der Waals surface area contributed by atoms with E-state index in [4.69, 9.17) is 4.74 Å². The first-order valence-electron chi connectivity index (χ1n) is 9.75. The highest BCUT2D eigenvalue weighted by molar-refractivity contribution is 5.86. The van der Waals surface area contributed by atoms with Gasteiger partial charge in [0.05, 0.1) is 5.69 Å². The number of carbonyl (C=O) groups is 1. The summed E-state index contributed by atoms with van der Waals surface area (Å²) in [5.41, 5.74) is 3.84. The molecule has 10 heteroatoms. The molecule has 2 aromatic carbocycles. The van der Waals surface area contributed by atoms with E-state index in [0.717, 1.165) is 16.8 Å². The van der Waals surface area contributed by atoms with Crippen molar-refractivity contribution in [2.45, 2.75) is 19.7 Å². The Balaban J connectivity index is 1.35. The van der Waals surface area contributed by atoms with Crippen molar-refractivity contribution in [3.8, 4) is 22.6 Å². The van der Waals surface area contributed by atoms with Gasteiger partial charge in [-0.15, -0.1) is 0 Å². The third kappa shape index (κ3) is 5.35. The summed E-state index contributed by atoms with van der Waals surface area (Å²) in [6.07, 6.45) is -3.77. The predicted octanol–water partition coefficient (Wildman–Crippen LogP) is 5.87. The fourth-order valence-electron chi connectivity index (χ4n) is 2.98. The zero-order valence-electron chi connectivity index (χ0n) is 17.3. The van der Waals surface area contributed by atoms with Gasteiger partial charge in [-0.25, -0.2) is 4.79 Å². The number of ether oxygens (including phenoxy) is 1. The maximum Gasteiger partial charge on any atom is 0.471 e. The SMILES string of the molecule is Cc1cc(-c2noc(C(F)(F)F)n2)ccc1NC(=O)OCc1ccc(-c2ccccc2)nc1. The molecule has 1 N–H and O–H groups in total. The van der Waals surface area contributed by atoms with Gasteiger partial charge in [0.2, 0.25) is 5.82 Å². The number of carbonyl (C=O) groups excluding carboxylic acids is 1. The summed E-state index contributed by atoms with van der Waals surface area (Å²) in [5.74, 6) is -1.63. The Bertz CT molecular complexity index is 1260. The van der Waals surface area contributed by atoms with Gasteiger partial charge in [-0.3, -0.25) is 10.3 Å². The molecule has 0 aliphatic rings. The van der Waals surface area contributed by atoms with Gasteiger partial charge < -0.3 is 9.26 Å². The highest BCUT2D eigenvalue weighted by atomic mass is 19.4. The Labute approximate surface area is 186 Å². The van der Waals surface area contributed by atoms with Gasteiger partial charge in [0.25, 0.3) is 0 Å². The largest absolute Gasteiger partial charge is 0.471 e. The number of hydrogen-bond acceptors (Lipinski definition) is 6. The number of nitrogens with one attached hydrogen (secondary N) is 1. The molecule has 33 heavy (non-hydrogen) atoms. The van der Waals surface area contributed by atoms with E-state index < -0.39 is 18.2 Å². The van der Waals surface area contributed by atoms with Gasteiger partial charge in [0, 0.05) is 28.6 Å². The summed E-state index contributed by atoms with van der Waals surface area (Å²) in [6.45, 7) is 1.70. The number of aryl methyl sites for hydroxylation is 1. The van der Waals surface area contributed by atoms with Crippen molar-refractivity contribution >= 4 is 11.8 Å². The van der Waals surface area contributed by atoms with Crippen LogP contribution in [0.1, 0.15) is 17.0 Å². The van der Waals surface area contributed by atoms with Crippen molar-refractivity contribution in [1.82, 2.24) is 15.1 Å².